The maximum Gasteiger partial charge on any atom is 0.272 e. The van der Waals surface area contributed by atoms with Gasteiger partial charge in [0.1, 0.15) is 12.4 Å². The monoisotopic (exact) mass is 425 g/mol. The zero-order valence-electron chi connectivity index (χ0n) is 12.4. The van der Waals surface area contributed by atoms with Crippen LogP contribution in [0.5, 0.6) is 5.75 Å². The Morgan fingerprint density at radius 1 is 1.27 bits per heavy atom. The molecule has 1 fully saturated rings. The first kappa shape index (κ1) is 18.9. The number of halogens is 3. The van der Waals surface area contributed by atoms with E-state index in [1.165, 1.54) is 6.42 Å². The molecule has 2 rings (SSSR count). The van der Waals surface area contributed by atoms with Gasteiger partial charge >= 0.3 is 0 Å². The maximum absolute atomic E-state index is 12.1. The Labute approximate surface area is 146 Å². The predicted octanol–water partition coefficient (Wildman–Crippen LogP) is 3.25. The Bertz CT molecular complexity index is 480. The number of guanidine groups is 1. The molecule has 1 aromatic carbocycles. The summed E-state index contributed by atoms with van der Waals surface area (Å²) >= 11 is 0. The molecule has 22 heavy (non-hydrogen) atoms. The Hall–Kier alpha value is -1.12. The maximum atomic E-state index is 12.1. The van der Waals surface area contributed by atoms with Gasteiger partial charge in [-0.25, -0.2) is 13.8 Å². The number of alkyl halides is 2. The fraction of sp³-hybridized carbons (Fsp3) is 0.533. The summed E-state index contributed by atoms with van der Waals surface area (Å²) in [6.45, 7) is 1.73. The smallest absolute Gasteiger partial charge is 0.272 e. The number of likely N-dealkylation sites (tertiary alicyclic amines) is 1. The summed E-state index contributed by atoms with van der Waals surface area (Å²) in [6, 6.07) is 7.02. The van der Waals surface area contributed by atoms with Gasteiger partial charge in [-0.15, -0.1) is 24.0 Å². The van der Waals surface area contributed by atoms with Crippen molar-refractivity contribution in [2.45, 2.75) is 32.2 Å². The number of aliphatic imine (C=N–C) groups is 1. The Morgan fingerprint density at radius 3 is 2.68 bits per heavy atom. The molecule has 0 atom stereocenters. The van der Waals surface area contributed by atoms with Crippen LogP contribution in [0.15, 0.2) is 29.3 Å². The van der Waals surface area contributed by atoms with E-state index in [0.29, 0.717) is 18.3 Å². The Morgan fingerprint density at radius 2 is 2.00 bits per heavy atom. The van der Waals surface area contributed by atoms with Gasteiger partial charge in [0.2, 0.25) is 0 Å². The van der Waals surface area contributed by atoms with E-state index < -0.39 is 13.0 Å². The van der Waals surface area contributed by atoms with Crippen LogP contribution >= 0.6 is 24.0 Å². The summed E-state index contributed by atoms with van der Waals surface area (Å²) in [5.74, 6) is 0.980. The van der Waals surface area contributed by atoms with Crippen molar-refractivity contribution in [1.29, 1.82) is 0 Å². The molecule has 1 saturated heterocycles. The van der Waals surface area contributed by atoms with Crippen LogP contribution in [0.3, 0.4) is 0 Å². The van der Waals surface area contributed by atoms with Crippen LogP contribution in [0.1, 0.15) is 24.8 Å². The van der Waals surface area contributed by atoms with Crippen LogP contribution in [0, 0.1) is 0 Å². The van der Waals surface area contributed by atoms with Crippen molar-refractivity contribution >= 4 is 29.9 Å². The minimum absolute atomic E-state index is 0. The third-order valence-corrected chi connectivity index (χ3v) is 3.38. The lowest BCUT2D eigenvalue weighted by Crippen LogP contribution is -2.40. The summed E-state index contributed by atoms with van der Waals surface area (Å²) in [4.78, 5) is 6.46. The van der Waals surface area contributed by atoms with Gasteiger partial charge in [-0.2, -0.15) is 0 Å². The van der Waals surface area contributed by atoms with Gasteiger partial charge in [-0.1, -0.05) is 12.1 Å². The molecule has 4 nitrogen and oxygen atoms in total. The van der Waals surface area contributed by atoms with Crippen molar-refractivity contribution < 1.29 is 13.5 Å². The third kappa shape index (κ3) is 6.33. The van der Waals surface area contributed by atoms with E-state index in [-0.39, 0.29) is 24.0 Å². The number of benzene rings is 1. The number of rotatable bonds is 5. The van der Waals surface area contributed by atoms with Gasteiger partial charge in [0.25, 0.3) is 6.43 Å². The van der Waals surface area contributed by atoms with Crippen LogP contribution in [-0.2, 0) is 6.54 Å². The first-order valence-corrected chi connectivity index (χ1v) is 7.20. The SMILES string of the molecule is I.NC(=NCc1cccc(OCC(F)F)c1)N1CCCCC1. The number of nitrogens with zero attached hydrogens (tertiary/aromatic N) is 2. The van der Waals surface area contributed by atoms with E-state index in [1.54, 1.807) is 18.2 Å². The number of ether oxygens (including phenoxy) is 1. The molecule has 1 aliphatic heterocycles. The molecule has 0 amide bonds. The highest BCUT2D eigenvalue weighted by Gasteiger charge is 2.11. The Balaban J connectivity index is 0.00000242. The number of hydrogen-bond donors (Lipinski definition) is 1. The zero-order chi connectivity index (χ0) is 15.1. The van der Waals surface area contributed by atoms with Gasteiger partial charge in [0, 0.05) is 13.1 Å². The van der Waals surface area contributed by atoms with Crippen LogP contribution in [0.4, 0.5) is 8.78 Å². The van der Waals surface area contributed by atoms with Crippen molar-refractivity contribution in [3.8, 4) is 5.75 Å². The summed E-state index contributed by atoms with van der Waals surface area (Å²) < 4.78 is 29.2. The fourth-order valence-corrected chi connectivity index (χ4v) is 2.29. The third-order valence-electron chi connectivity index (χ3n) is 3.38. The summed E-state index contributed by atoms with van der Waals surface area (Å²) in [5, 5.41) is 0. The van der Waals surface area contributed by atoms with Crippen molar-refractivity contribution in [1.82, 2.24) is 4.90 Å². The molecule has 0 aromatic heterocycles. The number of hydrogen-bond acceptors (Lipinski definition) is 2. The van der Waals surface area contributed by atoms with Crippen LogP contribution in [0.25, 0.3) is 0 Å². The van der Waals surface area contributed by atoms with Crippen molar-refractivity contribution in [2.24, 2.45) is 10.7 Å². The van der Waals surface area contributed by atoms with E-state index in [0.717, 1.165) is 31.5 Å². The fourth-order valence-electron chi connectivity index (χ4n) is 2.29. The summed E-state index contributed by atoms with van der Waals surface area (Å²) in [7, 11) is 0. The second-order valence-corrected chi connectivity index (χ2v) is 5.07. The highest BCUT2D eigenvalue weighted by molar-refractivity contribution is 14.0. The van der Waals surface area contributed by atoms with Crippen molar-refractivity contribution in [3.63, 3.8) is 0 Å². The molecule has 0 saturated carbocycles. The quantitative estimate of drug-likeness (QED) is 0.448. The largest absolute Gasteiger partial charge is 0.488 e. The topological polar surface area (TPSA) is 50.9 Å². The molecule has 1 aliphatic rings. The lowest BCUT2D eigenvalue weighted by Gasteiger charge is -2.27. The van der Waals surface area contributed by atoms with Crippen LogP contribution < -0.4 is 10.5 Å². The number of piperidine rings is 1. The number of nitrogens with two attached hydrogens (primary N) is 1. The molecule has 0 unspecified atom stereocenters. The van der Waals surface area contributed by atoms with E-state index in [9.17, 15) is 8.78 Å². The zero-order valence-corrected chi connectivity index (χ0v) is 14.7. The molecule has 0 radical (unpaired) electrons. The van der Waals surface area contributed by atoms with E-state index in [2.05, 4.69) is 9.89 Å². The first-order chi connectivity index (χ1) is 10.1. The average molecular weight is 425 g/mol. The predicted molar refractivity (Wildman–Crippen MR) is 94.1 cm³/mol. The molecule has 1 heterocycles. The Kier molecular flexibility index (Phi) is 8.44. The van der Waals surface area contributed by atoms with Crippen molar-refractivity contribution in [2.75, 3.05) is 19.7 Å². The lowest BCUT2D eigenvalue weighted by atomic mass is 10.1. The summed E-state index contributed by atoms with van der Waals surface area (Å²) in [5.41, 5.74) is 6.87. The molecule has 2 N–H and O–H groups in total. The second-order valence-electron chi connectivity index (χ2n) is 5.07. The molecule has 124 valence electrons. The van der Waals surface area contributed by atoms with Crippen molar-refractivity contribution in [3.05, 3.63) is 29.8 Å². The van der Waals surface area contributed by atoms with E-state index in [4.69, 9.17) is 10.5 Å². The van der Waals surface area contributed by atoms with E-state index in [1.807, 2.05) is 6.07 Å². The molecule has 1 aromatic rings. The second kappa shape index (κ2) is 9.81. The normalized spacial score (nSPS) is 15.6. The average Bonchev–Trinajstić information content (AvgIpc) is 2.52. The minimum atomic E-state index is -2.47. The van der Waals surface area contributed by atoms with Gasteiger partial charge in [-0.3, -0.25) is 0 Å². The standard InChI is InChI=1S/C15H21F2N3O.HI/c16-14(17)11-21-13-6-4-5-12(9-13)10-19-15(18)20-7-2-1-3-8-20;/h4-6,9,14H,1-3,7-8,10-11H2,(H2,18,19);1H. The molecule has 0 aliphatic carbocycles. The minimum Gasteiger partial charge on any atom is -0.488 e. The lowest BCUT2D eigenvalue weighted by molar-refractivity contribution is 0.0818. The first-order valence-electron chi connectivity index (χ1n) is 7.20. The molecular formula is C15H22F2IN3O. The van der Waals surface area contributed by atoms with Gasteiger partial charge in [0.15, 0.2) is 5.96 Å². The van der Waals surface area contributed by atoms with Gasteiger partial charge < -0.3 is 15.4 Å². The molecule has 0 spiro atoms. The van der Waals surface area contributed by atoms with Crippen LogP contribution in [-0.4, -0.2) is 37.0 Å². The highest BCUT2D eigenvalue weighted by atomic mass is 127. The molecule has 0 bridgehead atoms. The van der Waals surface area contributed by atoms with Gasteiger partial charge in [-0.05, 0) is 37.0 Å². The van der Waals surface area contributed by atoms with E-state index >= 15 is 0 Å². The van der Waals surface area contributed by atoms with Crippen LogP contribution in [0.2, 0.25) is 0 Å². The molecular weight excluding hydrogens is 403 g/mol. The molecule has 7 heteroatoms. The highest BCUT2D eigenvalue weighted by Crippen LogP contribution is 2.15. The summed E-state index contributed by atoms with van der Waals surface area (Å²) in [6.07, 6.45) is 1.06. The van der Waals surface area contributed by atoms with Gasteiger partial charge in [0.05, 0.1) is 6.54 Å².